The van der Waals surface area contributed by atoms with Crippen LogP contribution in [0.2, 0.25) is 0 Å². The molecule has 0 atom stereocenters. The molecule has 1 fully saturated rings. The second-order valence-electron chi connectivity index (χ2n) is 6.66. The first-order valence-corrected chi connectivity index (χ1v) is 9.66. The molecule has 2 amide bonds. The zero-order valence-electron chi connectivity index (χ0n) is 15.6. The smallest absolute Gasteiger partial charge is 0.293 e. The Labute approximate surface area is 163 Å². The van der Waals surface area contributed by atoms with E-state index in [1.807, 2.05) is 19.1 Å². The van der Waals surface area contributed by atoms with Crippen molar-refractivity contribution in [3.8, 4) is 5.75 Å². The zero-order chi connectivity index (χ0) is 19.4. The number of amides is 2. The molecule has 1 aliphatic heterocycles. The van der Waals surface area contributed by atoms with Gasteiger partial charge in [-0.15, -0.1) is 0 Å². The van der Waals surface area contributed by atoms with Gasteiger partial charge in [0.1, 0.15) is 12.4 Å². The third-order valence-corrected chi connectivity index (χ3v) is 5.13. The minimum Gasteiger partial charge on any atom is -0.491 e. The summed E-state index contributed by atoms with van der Waals surface area (Å²) in [5.74, 6) is 0.855. The Balaban J connectivity index is 1.65. The number of ether oxygens (including phenoxy) is 1. The van der Waals surface area contributed by atoms with Gasteiger partial charge in [-0.05, 0) is 59.5 Å². The fraction of sp³-hybridized carbons (Fsp3) is 0.286. The number of hydrogen-bond donors (Lipinski definition) is 0. The Morgan fingerprint density at radius 2 is 2.07 bits per heavy atom. The first-order valence-electron chi connectivity index (χ1n) is 8.84. The molecule has 2 aromatic rings. The third-order valence-electron chi connectivity index (χ3n) is 4.22. The van der Waals surface area contributed by atoms with Crippen LogP contribution >= 0.6 is 11.8 Å². The van der Waals surface area contributed by atoms with Gasteiger partial charge in [-0.25, -0.2) is 0 Å². The molecule has 0 N–H and O–H groups in total. The van der Waals surface area contributed by atoms with Crippen molar-refractivity contribution in [1.82, 2.24) is 9.88 Å². The van der Waals surface area contributed by atoms with Crippen LogP contribution in [-0.2, 0) is 4.79 Å². The van der Waals surface area contributed by atoms with Crippen LogP contribution in [-0.4, -0.2) is 34.2 Å². The summed E-state index contributed by atoms with van der Waals surface area (Å²) < 4.78 is 5.91. The number of hydrogen-bond acceptors (Lipinski definition) is 5. The number of thioether (sulfide) groups is 1. The highest BCUT2D eigenvalue weighted by Crippen LogP contribution is 2.32. The van der Waals surface area contributed by atoms with E-state index in [4.69, 9.17) is 4.74 Å². The summed E-state index contributed by atoms with van der Waals surface area (Å²) in [6, 6.07) is 9.74. The summed E-state index contributed by atoms with van der Waals surface area (Å²) >= 11 is 0.949. The van der Waals surface area contributed by atoms with Crippen molar-refractivity contribution in [2.45, 2.75) is 26.7 Å². The first-order chi connectivity index (χ1) is 13.0. The van der Waals surface area contributed by atoms with Gasteiger partial charge in [0.15, 0.2) is 0 Å². The van der Waals surface area contributed by atoms with E-state index in [-0.39, 0.29) is 24.3 Å². The molecule has 0 saturated carbocycles. The number of benzene rings is 1. The van der Waals surface area contributed by atoms with Crippen LogP contribution in [0.25, 0.3) is 6.08 Å². The van der Waals surface area contributed by atoms with Crippen LogP contribution in [0.15, 0.2) is 47.6 Å². The predicted molar refractivity (Wildman–Crippen MR) is 108 cm³/mol. The Hall–Kier alpha value is -2.60. The van der Waals surface area contributed by atoms with E-state index in [2.05, 4.69) is 31.0 Å². The van der Waals surface area contributed by atoms with Crippen LogP contribution in [0, 0.1) is 6.92 Å². The fourth-order valence-corrected chi connectivity index (χ4v) is 3.66. The first kappa shape index (κ1) is 19.2. The number of carbonyl (C=O) groups is 2. The quantitative estimate of drug-likeness (QED) is 0.682. The molecule has 0 spiro atoms. The molecule has 0 unspecified atom stereocenters. The summed E-state index contributed by atoms with van der Waals surface area (Å²) in [5, 5.41) is -0.271. The van der Waals surface area contributed by atoms with E-state index in [9.17, 15) is 9.59 Å². The van der Waals surface area contributed by atoms with Gasteiger partial charge < -0.3 is 4.74 Å². The van der Waals surface area contributed by atoms with Crippen LogP contribution in [0.1, 0.15) is 36.5 Å². The number of aromatic nitrogens is 1. The van der Waals surface area contributed by atoms with Crippen molar-refractivity contribution in [3.63, 3.8) is 0 Å². The van der Waals surface area contributed by atoms with E-state index in [1.165, 1.54) is 4.90 Å². The maximum absolute atomic E-state index is 12.5. The molecule has 0 aliphatic carbocycles. The SMILES string of the molecule is Cc1ccc(C(C)C)c(OCCN2C(=O)S/C(=C\c3cccnc3)C2=O)c1. The molecular weight excluding hydrogens is 360 g/mol. The summed E-state index contributed by atoms with van der Waals surface area (Å²) in [4.78, 5) is 30.4. The topological polar surface area (TPSA) is 59.5 Å². The molecule has 1 aromatic carbocycles. The summed E-state index contributed by atoms with van der Waals surface area (Å²) in [6.45, 7) is 6.72. The van der Waals surface area contributed by atoms with Crippen molar-refractivity contribution in [2.24, 2.45) is 0 Å². The standard InChI is InChI=1S/C21H22N2O3S/c1-14(2)17-7-6-15(3)11-18(17)26-10-9-23-20(24)19(27-21(23)25)12-16-5-4-8-22-13-16/h4-8,11-14H,9-10H2,1-3H3/b19-12-. The Morgan fingerprint density at radius 1 is 1.26 bits per heavy atom. The summed E-state index contributed by atoms with van der Waals surface area (Å²) in [6.07, 6.45) is 5.01. The van der Waals surface area contributed by atoms with Gasteiger partial charge in [-0.3, -0.25) is 19.5 Å². The lowest BCUT2D eigenvalue weighted by molar-refractivity contribution is -0.123. The van der Waals surface area contributed by atoms with E-state index < -0.39 is 0 Å². The molecule has 140 valence electrons. The lowest BCUT2D eigenvalue weighted by Gasteiger charge is -2.17. The van der Waals surface area contributed by atoms with Crippen molar-refractivity contribution >= 4 is 29.0 Å². The molecule has 2 heterocycles. The molecule has 1 aromatic heterocycles. The Kier molecular flexibility index (Phi) is 5.96. The predicted octanol–water partition coefficient (Wildman–Crippen LogP) is 4.63. The second kappa shape index (κ2) is 8.39. The van der Waals surface area contributed by atoms with Gasteiger partial charge in [0.25, 0.3) is 11.1 Å². The summed E-state index contributed by atoms with van der Waals surface area (Å²) in [5.41, 5.74) is 3.02. The monoisotopic (exact) mass is 382 g/mol. The number of rotatable bonds is 6. The molecule has 0 bridgehead atoms. The normalized spacial score (nSPS) is 15.9. The Morgan fingerprint density at radius 3 is 2.78 bits per heavy atom. The van der Waals surface area contributed by atoms with E-state index in [1.54, 1.807) is 24.5 Å². The minimum atomic E-state index is -0.286. The molecule has 0 radical (unpaired) electrons. The summed E-state index contributed by atoms with van der Waals surface area (Å²) in [7, 11) is 0. The van der Waals surface area contributed by atoms with Crippen LogP contribution in [0.4, 0.5) is 4.79 Å². The van der Waals surface area contributed by atoms with Crippen LogP contribution < -0.4 is 4.74 Å². The fourth-order valence-electron chi connectivity index (χ4n) is 2.80. The number of carbonyl (C=O) groups excluding carboxylic acids is 2. The molecule has 6 heteroatoms. The molecule has 1 saturated heterocycles. The third kappa shape index (κ3) is 4.57. The largest absolute Gasteiger partial charge is 0.491 e. The molecule has 5 nitrogen and oxygen atoms in total. The van der Waals surface area contributed by atoms with Gasteiger partial charge in [0, 0.05) is 12.4 Å². The van der Waals surface area contributed by atoms with Crippen molar-refractivity contribution in [1.29, 1.82) is 0 Å². The number of aryl methyl sites for hydroxylation is 1. The van der Waals surface area contributed by atoms with Crippen molar-refractivity contribution in [3.05, 3.63) is 64.3 Å². The van der Waals surface area contributed by atoms with E-state index in [0.29, 0.717) is 10.8 Å². The molecule has 27 heavy (non-hydrogen) atoms. The second-order valence-corrected chi connectivity index (χ2v) is 7.66. The highest BCUT2D eigenvalue weighted by molar-refractivity contribution is 8.18. The molecular formula is C21H22N2O3S. The number of imide groups is 1. The highest BCUT2D eigenvalue weighted by atomic mass is 32.2. The number of pyridine rings is 1. The van der Waals surface area contributed by atoms with Crippen molar-refractivity contribution in [2.75, 3.05) is 13.2 Å². The van der Waals surface area contributed by atoms with E-state index in [0.717, 1.165) is 34.2 Å². The van der Waals surface area contributed by atoms with Gasteiger partial charge >= 0.3 is 0 Å². The van der Waals surface area contributed by atoms with Gasteiger partial charge in [0.2, 0.25) is 0 Å². The Bertz CT molecular complexity index is 878. The van der Waals surface area contributed by atoms with Crippen LogP contribution in [0.3, 0.4) is 0 Å². The lowest BCUT2D eigenvalue weighted by Crippen LogP contribution is -2.32. The minimum absolute atomic E-state index is 0.223. The average molecular weight is 382 g/mol. The van der Waals surface area contributed by atoms with Gasteiger partial charge in [0.05, 0.1) is 11.4 Å². The van der Waals surface area contributed by atoms with Gasteiger partial charge in [-0.2, -0.15) is 0 Å². The molecule has 1 aliphatic rings. The maximum atomic E-state index is 12.5. The van der Waals surface area contributed by atoms with Gasteiger partial charge in [-0.1, -0.05) is 32.0 Å². The molecule has 3 rings (SSSR count). The maximum Gasteiger partial charge on any atom is 0.293 e. The highest BCUT2D eigenvalue weighted by Gasteiger charge is 2.34. The zero-order valence-corrected chi connectivity index (χ0v) is 16.5. The average Bonchev–Trinajstić information content (AvgIpc) is 2.90. The number of nitrogens with zero attached hydrogens (tertiary/aromatic N) is 2. The lowest BCUT2D eigenvalue weighted by atomic mass is 10.0. The van der Waals surface area contributed by atoms with Crippen molar-refractivity contribution < 1.29 is 14.3 Å². The van der Waals surface area contributed by atoms with Crippen LogP contribution in [0.5, 0.6) is 5.75 Å². The van der Waals surface area contributed by atoms with E-state index >= 15 is 0 Å².